The van der Waals surface area contributed by atoms with Gasteiger partial charge in [-0.3, -0.25) is 0 Å². The fraction of sp³-hybridized carbons (Fsp3) is 0.467. The normalized spacial score (nSPS) is 20.2. The second kappa shape index (κ2) is 6.03. The molecule has 0 aliphatic carbocycles. The number of aromatic nitrogens is 4. The van der Waals surface area contributed by atoms with Gasteiger partial charge < -0.3 is 19.3 Å². The van der Waals surface area contributed by atoms with Gasteiger partial charge in [0.1, 0.15) is 12.4 Å². The lowest BCUT2D eigenvalue weighted by Gasteiger charge is -2.27. The Morgan fingerprint density at radius 2 is 2.25 bits per heavy atom. The number of hydrogen-bond donors (Lipinski definition) is 1. The third kappa shape index (κ3) is 2.51. The number of carboxylic acid groups (broad SMARTS) is 1. The molecule has 1 atom stereocenters. The molecule has 0 amide bonds. The molecule has 4 heterocycles. The van der Waals surface area contributed by atoms with Crippen molar-refractivity contribution < 1.29 is 14.6 Å². The zero-order chi connectivity index (χ0) is 16.7. The summed E-state index contributed by atoms with van der Waals surface area (Å²) in [6, 6.07) is 1.47. The van der Waals surface area contributed by atoms with E-state index in [1.54, 1.807) is 0 Å². The van der Waals surface area contributed by atoms with Crippen LogP contribution in [0, 0.1) is 0 Å². The van der Waals surface area contributed by atoms with Crippen molar-refractivity contribution in [2.45, 2.75) is 32.0 Å². The van der Waals surface area contributed by atoms with Crippen molar-refractivity contribution in [1.29, 1.82) is 0 Å². The molecule has 0 unspecified atom stereocenters. The van der Waals surface area contributed by atoms with Gasteiger partial charge in [0.05, 0.1) is 23.2 Å². The molecule has 126 valence electrons. The number of rotatable bonds is 3. The van der Waals surface area contributed by atoms with E-state index in [0.29, 0.717) is 24.1 Å². The second-order valence-electron chi connectivity index (χ2n) is 5.86. The highest BCUT2D eigenvalue weighted by atomic mass is 35.5. The standard InChI is InChI=1S/C15H16ClN5O3/c16-10-6-9(15(22)23)7-17-13(10)20-3-1-2-11(20)14-19-18-12-8-24-5-4-21(12)14/h6-7,11H,1-5,8H2,(H,22,23)/t11-/m0/s1. The lowest BCUT2D eigenvalue weighted by Crippen LogP contribution is -2.28. The smallest absolute Gasteiger partial charge is 0.337 e. The maximum absolute atomic E-state index is 11.1. The Morgan fingerprint density at radius 1 is 1.38 bits per heavy atom. The predicted molar refractivity (Wildman–Crippen MR) is 85.2 cm³/mol. The van der Waals surface area contributed by atoms with Gasteiger partial charge in [-0.25, -0.2) is 9.78 Å². The van der Waals surface area contributed by atoms with Gasteiger partial charge in [0.2, 0.25) is 0 Å². The highest BCUT2D eigenvalue weighted by Gasteiger charge is 2.33. The summed E-state index contributed by atoms with van der Waals surface area (Å²) in [6.45, 7) is 2.66. The molecule has 4 rings (SSSR count). The minimum absolute atomic E-state index is 0.0324. The minimum Gasteiger partial charge on any atom is -0.478 e. The van der Waals surface area contributed by atoms with Crippen molar-refractivity contribution in [3.63, 3.8) is 0 Å². The number of carbonyl (C=O) groups is 1. The van der Waals surface area contributed by atoms with Crippen LogP contribution >= 0.6 is 11.6 Å². The van der Waals surface area contributed by atoms with Crippen LogP contribution in [-0.2, 0) is 17.9 Å². The Bertz CT molecular complexity index is 793. The van der Waals surface area contributed by atoms with E-state index in [-0.39, 0.29) is 11.6 Å². The number of halogens is 1. The average Bonchev–Trinajstić information content (AvgIpc) is 3.20. The fourth-order valence-corrected chi connectivity index (χ4v) is 3.59. The molecule has 0 spiro atoms. The third-order valence-corrected chi connectivity index (χ3v) is 4.72. The average molecular weight is 350 g/mol. The number of pyridine rings is 1. The van der Waals surface area contributed by atoms with Crippen LogP contribution in [0.2, 0.25) is 5.02 Å². The quantitative estimate of drug-likeness (QED) is 0.904. The van der Waals surface area contributed by atoms with Gasteiger partial charge in [-0.05, 0) is 18.9 Å². The van der Waals surface area contributed by atoms with Crippen molar-refractivity contribution in [2.75, 3.05) is 18.1 Å². The summed E-state index contributed by atoms with van der Waals surface area (Å²) in [4.78, 5) is 17.4. The fourth-order valence-electron chi connectivity index (χ4n) is 3.31. The summed E-state index contributed by atoms with van der Waals surface area (Å²) in [5, 5.41) is 18.0. The summed E-state index contributed by atoms with van der Waals surface area (Å²) in [5.41, 5.74) is 0.0801. The van der Waals surface area contributed by atoms with Gasteiger partial charge in [-0.15, -0.1) is 10.2 Å². The third-order valence-electron chi connectivity index (χ3n) is 4.44. The summed E-state index contributed by atoms with van der Waals surface area (Å²) in [6.07, 6.45) is 3.26. The van der Waals surface area contributed by atoms with Crippen LogP contribution in [0.1, 0.15) is 40.9 Å². The summed E-state index contributed by atoms with van der Waals surface area (Å²) in [7, 11) is 0. The Kier molecular flexibility index (Phi) is 3.85. The second-order valence-corrected chi connectivity index (χ2v) is 6.27. The van der Waals surface area contributed by atoms with Crippen molar-refractivity contribution in [3.8, 4) is 0 Å². The lowest BCUT2D eigenvalue weighted by atomic mass is 10.2. The van der Waals surface area contributed by atoms with Crippen molar-refractivity contribution in [3.05, 3.63) is 34.5 Å². The van der Waals surface area contributed by atoms with E-state index in [1.807, 2.05) is 0 Å². The maximum atomic E-state index is 11.1. The number of ether oxygens (including phenoxy) is 1. The molecular formula is C15H16ClN5O3. The molecule has 1 N–H and O–H groups in total. The van der Waals surface area contributed by atoms with Crippen LogP contribution in [0.3, 0.4) is 0 Å². The molecule has 2 aliphatic heterocycles. The van der Waals surface area contributed by atoms with E-state index < -0.39 is 5.97 Å². The van der Waals surface area contributed by atoms with Crippen LogP contribution in [-0.4, -0.2) is 44.0 Å². The zero-order valence-corrected chi connectivity index (χ0v) is 13.6. The largest absolute Gasteiger partial charge is 0.478 e. The number of aromatic carboxylic acids is 1. The van der Waals surface area contributed by atoms with Crippen LogP contribution < -0.4 is 4.90 Å². The van der Waals surface area contributed by atoms with Crippen molar-refractivity contribution >= 4 is 23.4 Å². The lowest BCUT2D eigenvalue weighted by molar-refractivity contribution is 0.0696. The summed E-state index contributed by atoms with van der Waals surface area (Å²) < 4.78 is 7.52. The van der Waals surface area contributed by atoms with Gasteiger partial charge in [0.15, 0.2) is 11.6 Å². The number of carboxylic acids is 1. The van der Waals surface area contributed by atoms with E-state index in [4.69, 9.17) is 21.4 Å². The van der Waals surface area contributed by atoms with Crippen LogP contribution in [0.15, 0.2) is 12.3 Å². The van der Waals surface area contributed by atoms with Crippen LogP contribution in [0.5, 0.6) is 0 Å². The SMILES string of the molecule is O=C(O)c1cnc(N2CCC[C@H]2c2nnc3n2CCOC3)c(Cl)c1. The monoisotopic (exact) mass is 349 g/mol. The van der Waals surface area contributed by atoms with Crippen molar-refractivity contribution in [1.82, 2.24) is 19.7 Å². The van der Waals surface area contributed by atoms with Gasteiger partial charge in [-0.1, -0.05) is 11.6 Å². The zero-order valence-electron chi connectivity index (χ0n) is 12.9. The van der Waals surface area contributed by atoms with Crippen LogP contribution in [0.25, 0.3) is 0 Å². The number of nitrogens with zero attached hydrogens (tertiary/aromatic N) is 5. The van der Waals surface area contributed by atoms with Gasteiger partial charge in [0.25, 0.3) is 0 Å². The van der Waals surface area contributed by atoms with E-state index in [2.05, 4.69) is 24.6 Å². The molecule has 0 radical (unpaired) electrons. The molecule has 24 heavy (non-hydrogen) atoms. The molecule has 2 aliphatic rings. The highest BCUT2D eigenvalue weighted by Crippen LogP contribution is 2.38. The molecule has 1 fully saturated rings. The first-order chi connectivity index (χ1) is 11.6. The van der Waals surface area contributed by atoms with E-state index in [1.165, 1.54) is 12.3 Å². The Balaban J connectivity index is 1.68. The first kappa shape index (κ1) is 15.3. The number of anilines is 1. The van der Waals surface area contributed by atoms with E-state index >= 15 is 0 Å². The topological polar surface area (TPSA) is 93.4 Å². The van der Waals surface area contributed by atoms with Crippen molar-refractivity contribution in [2.24, 2.45) is 0 Å². The maximum Gasteiger partial charge on any atom is 0.337 e. The molecule has 1 saturated heterocycles. The molecule has 0 bridgehead atoms. The molecule has 9 heteroatoms. The van der Waals surface area contributed by atoms with E-state index in [0.717, 1.165) is 37.6 Å². The Morgan fingerprint density at radius 3 is 3.04 bits per heavy atom. The molecule has 2 aromatic heterocycles. The molecule has 0 aromatic carbocycles. The number of fused-ring (bicyclic) bond motifs is 1. The first-order valence-electron chi connectivity index (χ1n) is 7.80. The predicted octanol–water partition coefficient (Wildman–Crippen LogP) is 1.90. The first-order valence-corrected chi connectivity index (χ1v) is 8.18. The number of hydrogen-bond acceptors (Lipinski definition) is 6. The molecule has 2 aromatic rings. The summed E-state index contributed by atoms with van der Waals surface area (Å²) in [5.74, 6) is 1.28. The van der Waals surface area contributed by atoms with Gasteiger partial charge in [-0.2, -0.15) is 0 Å². The van der Waals surface area contributed by atoms with Gasteiger partial charge >= 0.3 is 5.97 Å². The van der Waals surface area contributed by atoms with E-state index in [9.17, 15) is 4.79 Å². The summed E-state index contributed by atoms with van der Waals surface area (Å²) >= 11 is 6.29. The molecule has 0 saturated carbocycles. The Labute approximate surface area is 143 Å². The molecule has 8 nitrogen and oxygen atoms in total. The minimum atomic E-state index is -1.04. The van der Waals surface area contributed by atoms with Gasteiger partial charge in [0, 0.05) is 19.3 Å². The highest BCUT2D eigenvalue weighted by molar-refractivity contribution is 6.33. The Hall–Kier alpha value is -2.19. The van der Waals surface area contributed by atoms with Crippen LogP contribution in [0.4, 0.5) is 5.82 Å². The molecular weight excluding hydrogens is 334 g/mol.